The van der Waals surface area contributed by atoms with Gasteiger partial charge in [0.15, 0.2) is 0 Å². The van der Waals surface area contributed by atoms with Gasteiger partial charge in [-0.15, -0.1) is 0 Å². The van der Waals surface area contributed by atoms with Crippen molar-refractivity contribution in [2.45, 2.75) is 43.5 Å². The third-order valence-corrected chi connectivity index (χ3v) is 8.47. The fraction of sp³-hybridized carbons (Fsp3) is 0.933. The van der Waals surface area contributed by atoms with Gasteiger partial charge in [-0.25, -0.2) is 4.79 Å². The van der Waals surface area contributed by atoms with Crippen LogP contribution in [0, 0.1) is 28.1 Å². The van der Waals surface area contributed by atoms with Crippen molar-refractivity contribution in [3.8, 4) is 0 Å². The number of hydrogen-bond donors (Lipinski definition) is 1. The molecular formula is C15H18F2O6S. The molecule has 1 saturated heterocycles. The fourth-order valence-electron chi connectivity index (χ4n) is 6.96. The normalized spacial score (nSPS) is 50.7. The van der Waals surface area contributed by atoms with Crippen molar-refractivity contribution < 1.29 is 36.0 Å². The Balaban J connectivity index is 1.31. The van der Waals surface area contributed by atoms with Crippen LogP contribution < -0.4 is 0 Å². The topological polar surface area (TPSA) is 93.2 Å². The summed E-state index contributed by atoms with van der Waals surface area (Å²) in [5.74, 6) is -1.11. The molecule has 5 fully saturated rings. The standard InChI is InChI=1S/C15H18F2O6S/c16-15(17,24(19,20)21)11(18)23-7-12-1-8-3-13(10-5-22-10)4-9(2-12)14(8,13)6-12/h8-10H,1-7H2,(H,19,20,21). The average Bonchev–Trinajstić information content (AvgIpc) is 3.18. The first-order valence-electron chi connectivity index (χ1n) is 8.20. The fourth-order valence-corrected chi connectivity index (χ4v) is 7.23. The molecule has 2 bridgehead atoms. The molecule has 1 heterocycles. The van der Waals surface area contributed by atoms with Crippen molar-refractivity contribution in [2.75, 3.05) is 13.2 Å². The van der Waals surface area contributed by atoms with Crippen molar-refractivity contribution in [3.05, 3.63) is 0 Å². The van der Waals surface area contributed by atoms with Crippen LogP contribution in [0.4, 0.5) is 8.78 Å². The summed E-state index contributed by atoms with van der Waals surface area (Å²) in [6.45, 7) is 0.608. The smallest absolute Gasteiger partial charge is 0.460 e. The number of fused-ring (bicyclic) bond motifs is 1. The molecule has 4 saturated carbocycles. The van der Waals surface area contributed by atoms with E-state index in [1.54, 1.807) is 0 Å². The van der Waals surface area contributed by atoms with Gasteiger partial charge in [0.25, 0.3) is 0 Å². The largest absolute Gasteiger partial charge is 0.465 e. The van der Waals surface area contributed by atoms with Gasteiger partial charge in [-0.3, -0.25) is 4.55 Å². The second kappa shape index (κ2) is 3.96. The van der Waals surface area contributed by atoms with E-state index in [9.17, 15) is 22.0 Å². The summed E-state index contributed by atoms with van der Waals surface area (Å²) in [5, 5.41) is -4.91. The predicted octanol–water partition coefficient (Wildman–Crippen LogP) is 1.61. The molecular weight excluding hydrogens is 346 g/mol. The van der Waals surface area contributed by atoms with E-state index in [0.717, 1.165) is 38.7 Å². The minimum absolute atomic E-state index is 0.201. The van der Waals surface area contributed by atoms with Crippen molar-refractivity contribution in [1.82, 2.24) is 0 Å². The zero-order valence-electron chi connectivity index (χ0n) is 12.8. The van der Waals surface area contributed by atoms with Gasteiger partial charge in [-0.2, -0.15) is 17.2 Å². The lowest BCUT2D eigenvalue weighted by Gasteiger charge is -2.74. The Kier molecular flexibility index (Phi) is 2.55. The number of alkyl halides is 2. The summed E-state index contributed by atoms with van der Waals surface area (Å²) in [6.07, 6.45) is 5.06. The first kappa shape index (κ1) is 15.5. The molecule has 3 unspecified atom stereocenters. The van der Waals surface area contributed by atoms with Gasteiger partial charge in [0, 0.05) is 10.8 Å². The van der Waals surface area contributed by atoms with Gasteiger partial charge in [-0.1, -0.05) is 0 Å². The van der Waals surface area contributed by atoms with E-state index >= 15 is 0 Å². The van der Waals surface area contributed by atoms with Crippen LogP contribution in [0.25, 0.3) is 0 Å². The average molecular weight is 364 g/mol. The second-order valence-corrected chi connectivity index (χ2v) is 9.94. The summed E-state index contributed by atoms with van der Waals surface area (Å²) in [5.41, 5.74) is 0.155. The van der Waals surface area contributed by atoms with Gasteiger partial charge < -0.3 is 9.47 Å². The van der Waals surface area contributed by atoms with E-state index in [2.05, 4.69) is 4.74 Å². The first-order chi connectivity index (χ1) is 11.1. The molecule has 5 aliphatic rings. The van der Waals surface area contributed by atoms with Crippen molar-refractivity contribution >= 4 is 16.1 Å². The molecule has 1 spiro atoms. The molecule has 5 rings (SSSR count). The highest BCUT2D eigenvalue weighted by Gasteiger charge is 2.86. The zero-order chi connectivity index (χ0) is 17.2. The van der Waals surface area contributed by atoms with E-state index < -0.39 is 21.3 Å². The number of epoxide rings is 1. The minimum Gasteiger partial charge on any atom is -0.460 e. The molecule has 0 radical (unpaired) electrons. The Morgan fingerprint density at radius 3 is 2.33 bits per heavy atom. The Labute approximate surface area is 137 Å². The van der Waals surface area contributed by atoms with Gasteiger partial charge in [0.1, 0.15) is 0 Å². The quantitative estimate of drug-likeness (QED) is 0.453. The summed E-state index contributed by atoms with van der Waals surface area (Å²) in [6, 6.07) is 0. The zero-order valence-corrected chi connectivity index (χ0v) is 13.7. The molecule has 4 aliphatic carbocycles. The molecule has 24 heavy (non-hydrogen) atoms. The molecule has 0 amide bonds. The molecule has 0 aromatic rings. The first-order valence-corrected chi connectivity index (χ1v) is 9.64. The number of carbonyl (C=O) groups excluding carboxylic acids is 1. The Hall–Kier alpha value is -0.800. The van der Waals surface area contributed by atoms with Crippen LogP contribution in [0.5, 0.6) is 0 Å². The number of esters is 1. The SMILES string of the molecule is O=C(OCC12CC3CC4(C5CO5)CC(C1)C34C2)C(F)(F)S(=O)(=O)O. The Bertz CT molecular complexity index is 727. The lowest BCUT2D eigenvalue weighted by atomic mass is 9.29. The van der Waals surface area contributed by atoms with E-state index in [4.69, 9.17) is 9.29 Å². The van der Waals surface area contributed by atoms with E-state index in [-0.39, 0.29) is 22.9 Å². The highest BCUT2D eigenvalue weighted by molar-refractivity contribution is 7.87. The van der Waals surface area contributed by atoms with Crippen LogP contribution >= 0.6 is 0 Å². The maximum absolute atomic E-state index is 13.3. The summed E-state index contributed by atoms with van der Waals surface area (Å²) < 4.78 is 66.6. The summed E-state index contributed by atoms with van der Waals surface area (Å²) in [7, 11) is -5.81. The van der Waals surface area contributed by atoms with E-state index in [1.807, 2.05) is 0 Å². The third-order valence-electron chi connectivity index (χ3n) is 7.65. The highest BCUT2D eigenvalue weighted by atomic mass is 32.2. The van der Waals surface area contributed by atoms with Crippen molar-refractivity contribution in [2.24, 2.45) is 28.1 Å². The van der Waals surface area contributed by atoms with Gasteiger partial charge in [0.05, 0.1) is 19.3 Å². The lowest BCUT2D eigenvalue weighted by Crippen LogP contribution is -2.70. The van der Waals surface area contributed by atoms with E-state index in [1.165, 1.54) is 0 Å². The number of ether oxygens (including phenoxy) is 2. The second-order valence-electron chi connectivity index (χ2n) is 8.47. The number of carbonyl (C=O) groups is 1. The molecule has 1 N–H and O–H groups in total. The number of halogens is 2. The van der Waals surface area contributed by atoms with Crippen molar-refractivity contribution in [3.63, 3.8) is 0 Å². The van der Waals surface area contributed by atoms with Crippen LogP contribution in [0.2, 0.25) is 0 Å². The molecule has 0 aromatic carbocycles. The minimum atomic E-state index is -5.81. The molecule has 6 nitrogen and oxygen atoms in total. The summed E-state index contributed by atoms with van der Waals surface area (Å²) in [4.78, 5) is 11.5. The molecule has 0 aromatic heterocycles. The molecule has 1 aliphatic heterocycles. The third kappa shape index (κ3) is 1.49. The Morgan fingerprint density at radius 2 is 1.83 bits per heavy atom. The van der Waals surface area contributed by atoms with Gasteiger partial charge in [-0.05, 0) is 49.4 Å². The van der Waals surface area contributed by atoms with Gasteiger partial charge >= 0.3 is 21.3 Å². The maximum Gasteiger partial charge on any atom is 0.465 e. The molecule has 9 heteroatoms. The monoisotopic (exact) mass is 364 g/mol. The Morgan fingerprint density at radius 1 is 1.25 bits per heavy atom. The lowest BCUT2D eigenvalue weighted by molar-refractivity contribution is -0.271. The maximum atomic E-state index is 13.3. The van der Waals surface area contributed by atoms with Crippen molar-refractivity contribution in [1.29, 1.82) is 0 Å². The van der Waals surface area contributed by atoms with Crippen LogP contribution in [0.15, 0.2) is 0 Å². The molecule has 134 valence electrons. The van der Waals surface area contributed by atoms with Crippen LogP contribution in [0.1, 0.15) is 32.1 Å². The number of hydrogen-bond acceptors (Lipinski definition) is 5. The van der Waals surface area contributed by atoms with Crippen LogP contribution in [0.3, 0.4) is 0 Å². The summed E-state index contributed by atoms with van der Waals surface area (Å²) >= 11 is 0. The highest BCUT2D eigenvalue weighted by Crippen LogP contribution is 2.91. The predicted molar refractivity (Wildman–Crippen MR) is 74.6 cm³/mol. The number of rotatable bonds is 5. The van der Waals surface area contributed by atoms with Gasteiger partial charge in [0.2, 0.25) is 0 Å². The molecule has 3 atom stereocenters. The van der Waals surface area contributed by atoms with Crippen LogP contribution in [-0.4, -0.2) is 43.5 Å². The van der Waals surface area contributed by atoms with Crippen LogP contribution in [-0.2, 0) is 24.4 Å². The van der Waals surface area contributed by atoms with E-state index in [0.29, 0.717) is 17.9 Å².